The summed E-state index contributed by atoms with van der Waals surface area (Å²) in [5.41, 5.74) is 2.78. The summed E-state index contributed by atoms with van der Waals surface area (Å²) >= 11 is 0. The Morgan fingerprint density at radius 1 is 1.29 bits per heavy atom. The van der Waals surface area contributed by atoms with E-state index in [1.165, 1.54) is 11.1 Å². The Morgan fingerprint density at radius 2 is 2.18 bits per heavy atom. The van der Waals surface area contributed by atoms with E-state index in [2.05, 4.69) is 24.3 Å². The molecule has 2 heteroatoms. The van der Waals surface area contributed by atoms with Gasteiger partial charge in [-0.15, -0.1) is 0 Å². The molecule has 0 bridgehead atoms. The van der Waals surface area contributed by atoms with Crippen LogP contribution in [0.2, 0.25) is 0 Å². The number of ketones is 1. The molecule has 0 aromatic heterocycles. The highest BCUT2D eigenvalue weighted by Gasteiger charge is 2.30. The molecule has 0 amide bonds. The Hall–Kier alpha value is -1.15. The van der Waals surface area contributed by atoms with Gasteiger partial charge in [0.15, 0.2) is 5.78 Å². The molecule has 0 radical (unpaired) electrons. The van der Waals surface area contributed by atoms with Crippen molar-refractivity contribution in [2.45, 2.75) is 44.1 Å². The Labute approximate surface area is 102 Å². The van der Waals surface area contributed by atoms with Crippen LogP contribution in [0.1, 0.15) is 42.7 Å². The van der Waals surface area contributed by atoms with Crippen molar-refractivity contribution in [3.05, 3.63) is 35.4 Å². The van der Waals surface area contributed by atoms with Crippen LogP contribution in [0.4, 0.5) is 0 Å². The van der Waals surface area contributed by atoms with Gasteiger partial charge in [0, 0.05) is 13.0 Å². The number of benzene rings is 1. The summed E-state index contributed by atoms with van der Waals surface area (Å²) in [5.74, 6) is 0.758. The number of carbonyl (C=O) groups is 1. The van der Waals surface area contributed by atoms with Crippen LogP contribution in [-0.2, 0) is 16.0 Å². The second-order valence-corrected chi connectivity index (χ2v) is 5.13. The van der Waals surface area contributed by atoms with Crippen molar-refractivity contribution in [3.63, 3.8) is 0 Å². The van der Waals surface area contributed by atoms with E-state index < -0.39 is 0 Å². The first-order valence-corrected chi connectivity index (χ1v) is 6.57. The number of fused-ring (bicyclic) bond motifs is 1. The van der Waals surface area contributed by atoms with Crippen LogP contribution >= 0.6 is 0 Å². The monoisotopic (exact) mass is 230 g/mol. The highest BCUT2D eigenvalue weighted by atomic mass is 16.5. The summed E-state index contributed by atoms with van der Waals surface area (Å²) in [7, 11) is 0. The molecule has 0 saturated carbocycles. The van der Waals surface area contributed by atoms with E-state index >= 15 is 0 Å². The molecule has 1 aromatic carbocycles. The van der Waals surface area contributed by atoms with Crippen molar-refractivity contribution in [1.82, 2.24) is 0 Å². The zero-order valence-corrected chi connectivity index (χ0v) is 10.0. The zero-order valence-electron chi connectivity index (χ0n) is 10.0. The molecule has 0 spiro atoms. The maximum atomic E-state index is 12.1. The molecule has 1 aromatic rings. The summed E-state index contributed by atoms with van der Waals surface area (Å²) in [4.78, 5) is 12.1. The van der Waals surface area contributed by atoms with Gasteiger partial charge in [-0.3, -0.25) is 4.79 Å². The third-order valence-electron chi connectivity index (χ3n) is 3.95. The van der Waals surface area contributed by atoms with E-state index in [1.807, 2.05) is 0 Å². The Balaban J connectivity index is 1.60. The average Bonchev–Trinajstić information content (AvgIpc) is 2.37. The van der Waals surface area contributed by atoms with Crippen LogP contribution in [-0.4, -0.2) is 18.5 Å². The summed E-state index contributed by atoms with van der Waals surface area (Å²) in [5, 5.41) is 0. The minimum Gasteiger partial charge on any atom is -0.370 e. The van der Waals surface area contributed by atoms with Crippen LogP contribution in [0, 0.1) is 0 Å². The first-order valence-electron chi connectivity index (χ1n) is 6.57. The number of hydrogen-bond acceptors (Lipinski definition) is 2. The van der Waals surface area contributed by atoms with Crippen LogP contribution in [0.15, 0.2) is 24.3 Å². The molecule has 2 atom stereocenters. The van der Waals surface area contributed by atoms with E-state index in [1.54, 1.807) is 0 Å². The molecule has 2 unspecified atom stereocenters. The van der Waals surface area contributed by atoms with E-state index in [9.17, 15) is 4.79 Å². The molecule has 1 aliphatic heterocycles. The average molecular weight is 230 g/mol. The fraction of sp³-hybridized carbons (Fsp3) is 0.533. The summed E-state index contributed by atoms with van der Waals surface area (Å²) in [6, 6.07) is 8.44. The van der Waals surface area contributed by atoms with Gasteiger partial charge in [-0.2, -0.15) is 0 Å². The molecule has 2 nitrogen and oxygen atoms in total. The van der Waals surface area contributed by atoms with Gasteiger partial charge in [0.2, 0.25) is 0 Å². The quantitative estimate of drug-likeness (QED) is 0.798. The molecule has 90 valence electrons. The van der Waals surface area contributed by atoms with Crippen molar-refractivity contribution >= 4 is 5.78 Å². The third kappa shape index (κ3) is 2.14. The lowest BCUT2D eigenvalue weighted by Crippen LogP contribution is -2.31. The molecule has 1 saturated heterocycles. The van der Waals surface area contributed by atoms with Crippen molar-refractivity contribution in [2.24, 2.45) is 0 Å². The van der Waals surface area contributed by atoms with Crippen LogP contribution in [0.25, 0.3) is 0 Å². The summed E-state index contributed by atoms with van der Waals surface area (Å²) in [6.45, 7) is 0.762. The fourth-order valence-electron chi connectivity index (χ4n) is 2.91. The molecule has 0 N–H and O–H groups in total. The highest BCUT2D eigenvalue weighted by molar-refractivity contribution is 5.84. The van der Waals surface area contributed by atoms with Crippen LogP contribution in [0.3, 0.4) is 0 Å². The molecular formula is C15H18O2. The third-order valence-corrected chi connectivity index (χ3v) is 3.95. The van der Waals surface area contributed by atoms with Gasteiger partial charge in [0.05, 0.1) is 0 Å². The lowest BCUT2D eigenvalue weighted by atomic mass is 9.74. The minimum atomic E-state index is -0.114. The van der Waals surface area contributed by atoms with Crippen molar-refractivity contribution in [2.75, 3.05) is 6.61 Å². The van der Waals surface area contributed by atoms with E-state index in [0.29, 0.717) is 18.1 Å². The number of carbonyl (C=O) groups excluding carboxylic acids is 1. The van der Waals surface area contributed by atoms with Crippen LogP contribution in [0.5, 0.6) is 0 Å². The molecule has 1 fully saturated rings. The predicted molar refractivity (Wildman–Crippen MR) is 66.1 cm³/mol. The predicted octanol–water partition coefficient (Wildman–Crippen LogP) is 2.85. The van der Waals surface area contributed by atoms with Crippen LogP contribution < -0.4 is 0 Å². The van der Waals surface area contributed by atoms with Gasteiger partial charge in [0.1, 0.15) is 6.10 Å². The van der Waals surface area contributed by atoms with Gasteiger partial charge in [-0.25, -0.2) is 0 Å². The van der Waals surface area contributed by atoms with E-state index in [-0.39, 0.29) is 6.10 Å². The zero-order chi connectivity index (χ0) is 11.7. The maximum Gasteiger partial charge on any atom is 0.162 e. The molecule has 17 heavy (non-hydrogen) atoms. The SMILES string of the molecule is O=C(CC1Cc2ccccc21)C1CCCCO1. The Morgan fingerprint density at radius 3 is 2.94 bits per heavy atom. The smallest absolute Gasteiger partial charge is 0.162 e. The van der Waals surface area contributed by atoms with E-state index in [0.717, 1.165) is 32.3 Å². The number of Topliss-reactive ketones (excluding diaryl/α,β-unsaturated/α-hetero) is 1. The van der Waals surface area contributed by atoms with Gasteiger partial charge in [-0.05, 0) is 42.7 Å². The fourth-order valence-corrected chi connectivity index (χ4v) is 2.91. The maximum absolute atomic E-state index is 12.1. The van der Waals surface area contributed by atoms with Crippen molar-refractivity contribution in [3.8, 4) is 0 Å². The second-order valence-electron chi connectivity index (χ2n) is 5.13. The van der Waals surface area contributed by atoms with Gasteiger partial charge >= 0.3 is 0 Å². The molecule has 3 rings (SSSR count). The number of hydrogen-bond donors (Lipinski definition) is 0. The van der Waals surface area contributed by atoms with Gasteiger partial charge in [-0.1, -0.05) is 24.3 Å². The number of ether oxygens (including phenoxy) is 1. The second kappa shape index (κ2) is 4.61. The first-order chi connectivity index (χ1) is 8.34. The molecule has 1 aliphatic carbocycles. The normalized spacial score (nSPS) is 27.1. The van der Waals surface area contributed by atoms with Crippen molar-refractivity contribution < 1.29 is 9.53 Å². The summed E-state index contributed by atoms with van der Waals surface area (Å²) < 4.78 is 5.55. The van der Waals surface area contributed by atoms with E-state index in [4.69, 9.17) is 4.74 Å². The highest BCUT2D eigenvalue weighted by Crippen LogP contribution is 2.38. The lowest BCUT2D eigenvalue weighted by Gasteiger charge is -2.31. The Kier molecular flexibility index (Phi) is 2.98. The standard InChI is InChI=1S/C15H18O2/c16-14(15-7-3-4-8-17-15)10-12-9-11-5-1-2-6-13(11)12/h1-2,5-6,12,15H,3-4,7-10H2. The minimum absolute atomic E-state index is 0.114. The van der Waals surface area contributed by atoms with Gasteiger partial charge < -0.3 is 4.74 Å². The van der Waals surface area contributed by atoms with Gasteiger partial charge in [0.25, 0.3) is 0 Å². The molecule has 2 aliphatic rings. The molecular weight excluding hydrogens is 212 g/mol. The lowest BCUT2D eigenvalue weighted by molar-refractivity contribution is -0.133. The Bertz CT molecular complexity index is 419. The largest absolute Gasteiger partial charge is 0.370 e. The van der Waals surface area contributed by atoms with Crippen molar-refractivity contribution in [1.29, 1.82) is 0 Å². The first kappa shape index (κ1) is 11.0. The summed E-state index contributed by atoms with van der Waals surface area (Å²) in [6.07, 6.45) is 4.79. The topological polar surface area (TPSA) is 26.3 Å². The molecule has 1 heterocycles. The number of rotatable bonds is 3.